The number of aromatic nitrogens is 2. The van der Waals surface area contributed by atoms with Gasteiger partial charge in [0.05, 0.1) is 10.2 Å². The van der Waals surface area contributed by atoms with E-state index < -0.39 is 0 Å². The maximum Gasteiger partial charge on any atom is 0.231 e. The predicted octanol–water partition coefficient (Wildman–Crippen LogP) is 5.42. The van der Waals surface area contributed by atoms with Crippen LogP contribution < -0.4 is 14.8 Å². The Bertz CT molecular complexity index is 1160. The van der Waals surface area contributed by atoms with Gasteiger partial charge < -0.3 is 14.8 Å². The van der Waals surface area contributed by atoms with Gasteiger partial charge in [-0.3, -0.25) is 0 Å². The molecule has 0 spiro atoms. The van der Waals surface area contributed by atoms with Gasteiger partial charge in [-0.1, -0.05) is 18.2 Å². The number of hydrogen-bond donors (Lipinski definition) is 1. The van der Waals surface area contributed by atoms with E-state index in [9.17, 15) is 0 Å². The fourth-order valence-corrected chi connectivity index (χ4v) is 4.67. The number of hydrogen-bond acceptors (Lipinski definition) is 7. The summed E-state index contributed by atoms with van der Waals surface area (Å²) in [6.45, 7) is 0.937. The van der Waals surface area contributed by atoms with Crippen LogP contribution in [-0.2, 0) is 6.54 Å². The third-order valence-corrected chi connectivity index (χ3v) is 6.47. The van der Waals surface area contributed by atoms with Crippen molar-refractivity contribution in [3.8, 4) is 21.9 Å². The van der Waals surface area contributed by atoms with Crippen molar-refractivity contribution in [2.75, 3.05) is 18.4 Å². The molecule has 0 atom stereocenters. The second-order valence-corrected chi connectivity index (χ2v) is 8.25. The molecule has 3 heterocycles. The molecular formula is C21H17N3O2S2. The van der Waals surface area contributed by atoms with Crippen LogP contribution in [0.5, 0.6) is 11.5 Å². The Morgan fingerprint density at radius 2 is 2.00 bits per heavy atom. The summed E-state index contributed by atoms with van der Waals surface area (Å²) in [6.07, 6.45) is 3.70. The SMILES string of the molecule is CSc1cccc(-c2cc3ncnc(NCc4ccc5c(c4)OCO5)c3s2)c1. The molecule has 0 saturated carbocycles. The highest BCUT2D eigenvalue weighted by Gasteiger charge is 2.14. The van der Waals surface area contributed by atoms with Gasteiger partial charge in [-0.25, -0.2) is 9.97 Å². The topological polar surface area (TPSA) is 56.3 Å². The number of nitrogens with zero attached hydrogens (tertiary/aromatic N) is 2. The minimum atomic E-state index is 0.286. The van der Waals surface area contributed by atoms with Gasteiger partial charge in [-0.15, -0.1) is 23.1 Å². The Morgan fingerprint density at radius 1 is 1.07 bits per heavy atom. The van der Waals surface area contributed by atoms with E-state index in [0.29, 0.717) is 6.54 Å². The van der Waals surface area contributed by atoms with E-state index in [0.717, 1.165) is 33.1 Å². The normalized spacial score (nSPS) is 12.5. The molecule has 0 bridgehead atoms. The zero-order valence-electron chi connectivity index (χ0n) is 15.1. The number of ether oxygens (including phenoxy) is 2. The third kappa shape index (κ3) is 3.27. The zero-order valence-corrected chi connectivity index (χ0v) is 16.8. The Morgan fingerprint density at radius 3 is 2.93 bits per heavy atom. The molecule has 28 heavy (non-hydrogen) atoms. The summed E-state index contributed by atoms with van der Waals surface area (Å²) in [7, 11) is 0. The monoisotopic (exact) mass is 407 g/mol. The minimum absolute atomic E-state index is 0.286. The fraction of sp³-hybridized carbons (Fsp3) is 0.143. The van der Waals surface area contributed by atoms with Gasteiger partial charge in [0.15, 0.2) is 11.5 Å². The largest absolute Gasteiger partial charge is 0.454 e. The molecule has 0 saturated heterocycles. The number of rotatable bonds is 5. The van der Waals surface area contributed by atoms with E-state index in [1.54, 1.807) is 29.4 Å². The summed E-state index contributed by atoms with van der Waals surface area (Å²) in [5, 5.41) is 3.44. The van der Waals surface area contributed by atoms with Crippen LogP contribution in [0.1, 0.15) is 5.56 Å². The lowest BCUT2D eigenvalue weighted by Gasteiger charge is -2.07. The summed E-state index contributed by atoms with van der Waals surface area (Å²) in [5.74, 6) is 2.43. The highest BCUT2D eigenvalue weighted by atomic mass is 32.2. The van der Waals surface area contributed by atoms with Gasteiger partial charge in [-0.05, 0) is 47.7 Å². The van der Waals surface area contributed by atoms with Crippen LogP contribution in [0, 0.1) is 0 Å². The second kappa shape index (κ2) is 7.33. The van der Waals surface area contributed by atoms with Crippen LogP contribution in [0.4, 0.5) is 5.82 Å². The number of thioether (sulfide) groups is 1. The van der Waals surface area contributed by atoms with Gasteiger partial charge in [-0.2, -0.15) is 0 Å². The van der Waals surface area contributed by atoms with E-state index in [1.165, 1.54) is 15.3 Å². The maximum atomic E-state index is 5.46. The van der Waals surface area contributed by atoms with Crippen LogP contribution in [0.25, 0.3) is 20.7 Å². The van der Waals surface area contributed by atoms with Gasteiger partial charge in [0, 0.05) is 16.3 Å². The van der Waals surface area contributed by atoms with Crippen molar-refractivity contribution in [2.45, 2.75) is 11.4 Å². The molecule has 5 rings (SSSR count). The second-order valence-electron chi connectivity index (χ2n) is 6.32. The predicted molar refractivity (Wildman–Crippen MR) is 115 cm³/mol. The highest BCUT2D eigenvalue weighted by Crippen LogP contribution is 2.37. The van der Waals surface area contributed by atoms with Crippen molar-refractivity contribution in [1.82, 2.24) is 9.97 Å². The van der Waals surface area contributed by atoms with E-state index in [2.05, 4.69) is 51.9 Å². The van der Waals surface area contributed by atoms with Crippen molar-refractivity contribution >= 4 is 39.1 Å². The summed E-state index contributed by atoms with van der Waals surface area (Å²) >= 11 is 3.46. The Kier molecular flexibility index (Phi) is 4.54. The van der Waals surface area contributed by atoms with Crippen molar-refractivity contribution < 1.29 is 9.47 Å². The minimum Gasteiger partial charge on any atom is -0.454 e. The van der Waals surface area contributed by atoms with Crippen LogP contribution in [0.3, 0.4) is 0 Å². The number of fused-ring (bicyclic) bond motifs is 2. The molecule has 1 N–H and O–H groups in total. The summed E-state index contributed by atoms with van der Waals surface area (Å²) in [4.78, 5) is 11.4. The lowest BCUT2D eigenvalue weighted by Crippen LogP contribution is -2.01. The molecule has 140 valence electrons. The van der Waals surface area contributed by atoms with Crippen molar-refractivity contribution in [3.63, 3.8) is 0 Å². The van der Waals surface area contributed by atoms with Crippen LogP contribution >= 0.6 is 23.1 Å². The van der Waals surface area contributed by atoms with E-state index in [1.807, 2.05) is 18.2 Å². The first kappa shape index (κ1) is 17.3. The third-order valence-electron chi connectivity index (χ3n) is 4.56. The lowest BCUT2D eigenvalue weighted by molar-refractivity contribution is 0.174. The highest BCUT2D eigenvalue weighted by molar-refractivity contribution is 7.98. The summed E-state index contributed by atoms with van der Waals surface area (Å²) < 4.78 is 11.9. The van der Waals surface area contributed by atoms with Crippen LogP contribution in [0.2, 0.25) is 0 Å². The summed E-state index contributed by atoms with van der Waals surface area (Å²) in [5.41, 5.74) is 3.27. The smallest absolute Gasteiger partial charge is 0.231 e. The van der Waals surface area contributed by atoms with Crippen molar-refractivity contribution in [1.29, 1.82) is 0 Å². The molecule has 1 aliphatic rings. The molecule has 0 radical (unpaired) electrons. The maximum absolute atomic E-state index is 5.46. The average molecular weight is 408 g/mol. The molecule has 5 nitrogen and oxygen atoms in total. The molecule has 0 unspecified atom stereocenters. The number of nitrogens with one attached hydrogen (secondary N) is 1. The van der Waals surface area contributed by atoms with Crippen LogP contribution in [-0.4, -0.2) is 23.0 Å². The number of anilines is 1. The molecule has 0 aliphatic carbocycles. The van der Waals surface area contributed by atoms with E-state index in [4.69, 9.17) is 9.47 Å². The van der Waals surface area contributed by atoms with Gasteiger partial charge in [0.2, 0.25) is 6.79 Å². The standard InChI is InChI=1S/C21H17N3O2S2/c1-27-15-4-2-3-14(8-15)19-9-16-20(28-19)21(24-11-23-16)22-10-13-5-6-17-18(7-13)26-12-25-17/h2-9,11H,10,12H2,1H3,(H,22,23,24). The first-order valence-electron chi connectivity index (χ1n) is 8.81. The molecule has 2 aromatic heterocycles. The van der Waals surface area contributed by atoms with Crippen molar-refractivity contribution in [3.05, 3.63) is 60.4 Å². The fourth-order valence-electron chi connectivity index (χ4n) is 3.14. The number of benzene rings is 2. The molecule has 2 aromatic carbocycles. The van der Waals surface area contributed by atoms with Crippen LogP contribution in [0.15, 0.2) is 59.8 Å². The Hall–Kier alpha value is -2.77. The zero-order chi connectivity index (χ0) is 18.9. The molecule has 0 fully saturated rings. The summed E-state index contributed by atoms with van der Waals surface area (Å²) in [6, 6.07) is 16.7. The quantitative estimate of drug-likeness (QED) is 0.446. The van der Waals surface area contributed by atoms with Crippen molar-refractivity contribution in [2.24, 2.45) is 0 Å². The molecule has 0 amide bonds. The van der Waals surface area contributed by atoms with Gasteiger partial charge in [0.1, 0.15) is 12.1 Å². The Labute approximate surface area is 170 Å². The Balaban J connectivity index is 1.42. The lowest BCUT2D eigenvalue weighted by atomic mass is 10.2. The number of thiophene rings is 1. The first-order valence-corrected chi connectivity index (χ1v) is 10.9. The molecule has 7 heteroatoms. The first-order chi connectivity index (χ1) is 13.8. The van der Waals surface area contributed by atoms with Gasteiger partial charge >= 0.3 is 0 Å². The molecule has 1 aliphatic heterocycles. The molecule has 4 aromatic rings. The molecular weight excluding hydrogens is 390 g/mol. The van der Waals surface area contributed by atoms with E-state index in [-0.39, 0.29) is 6.79 Å². The average Bonchev–Trinajstić information content (AvgIpc) is 3.39. The van der Waals surface area contributed by atoms with Gasteiger partial charge in [0.25, 0.3) is 0 Å². The van der Waals surface area contributed by atoms with E-state index >= 15 is 0 Å².